The topological polar surface area (TPSA) is 56.9 Å². The minimum absolute atomic E-state index is 0.0259. The van der Waals surface area contributed by atoms with Crippen molar-refractivity contribution < 1.29 is 4.57 Å². The molecular weight excluding hydrogens is 224 g/mol. The summed E-state index contributed by atoms with van der Waals surface area (Å²) in [5.41, 5.74) is 7.32. The smallest absolute Gasteiger partial charge is 0.224 e. The fourth-order valence-corrected chi connectivity index (χ4v) is 2.52. The van der Waals surface area contributed by atoms with Crippen LogP contribution in [0, 0.1) is 11.3 Å². The number of hydrogen-bond donors (Lipinski definition) is 1. The Bertz CT molecular complexity index is 592. The Morgan fingerprint density at radius 2 is 2.00 bits per heavy atom. The van der Waals surface area contributed by atoms with Gasteiger partial charge in [-0.3, -0.25) is 0 Å². The zero-order valence-electron chi connectivity index (χ0n) is 9.77. The van der Waals surface area contributed by atoms with Gasteiger partial charge in [-0.2, -0.15) is 9.83 Å². The van der Waals surface area contributed by atoms with E-state index in [9.17, 15) is 5.26 Å². The van der Waals surface area contributed by atoms with Gasteiger partial charge in [-0.05, 0) is 6.08 Å². The molecule has 0 aromatic carbocycles. The van der Waals surface area contributed by atoms with Crippen molar-refractivity contribution >= 4 is 0 Å². The van der Waals surface area contributed by atoms with E-state index in [0.717, 1.165) is 0 Å². The van der Waals surface area contributed by atoms with Gasteiger partial charge < -0.3 is 10.6 Å². The van der Waals surface area contributed by atoms with Crippen LogP contribution in [-0.4, -0.2) is 10.9 Å². The number of rotatable bonds is 1. The molecule has 0 radical (unpaired) electrons. The van der Waals surface area contributed by atoms with Crippen molar-refractivity contribution in [3.05, 3.63) is 66.4 Å². The molecule has 0 saturated heterocycles. The lowest BCUT2D eigenvalue weighted by Gasteiger charge is -2.23. The summed E-state index contributed by atoms with van der Waals surface area (Å²) in [5.74, 6) is 0. The Morgan fingerprint density at radius 3 is 2.72 bits per heavy atom. The lowest BCUT2D eigenvalue weighted by atomic mass is 10.1. The van der Waals surface area contributed by atoms with Crippen molar-refractivity contribution in [1.82, 2.24) is 4.90 Å². The van der Waals surface area contributed by atoms with E-state index < -0.39 is 0 Å². The third-order valence-electron chi connectivity index (χ3n) is 3.33. The molecule has 0 fully saturated rings. The zero-order chi connectivity index (χ0) is 12.5. The minimum Gasteiger partial charge on any atom is -0.394 e. The first-order valence-corrected chi connectivity index (χ1v) is 5.82. The molecular formula is C14H13N4+. The summed E-state index contributed by atoms with van der Waals surface area (Å²) in [6.45, 7) is 0. The van der Waals surface area contributed by atoms with Crippen molar-refractivity contribution in [2.75, 3.05) is 0 Å². The average molecular weight is 237 g/mol. The molecule has 0 aliphatic carbocycles. The molecule has 2 aliphatic rings. The van der Waals surface area contributed by atoms with Gasteiger partial charge in [-0.15, -0.1) is 0 Å². The maximum Gasteiger partial charge on any atom is 0.224 e. The van der Waals surface area contributed by atoms with Crippen LogP contribution in [0.4, 0.5) is 0 Å². The molecule has 2 atom stereocenters. The quantitative estimate of drug-likeness (QED) is 0.741. The van der Waals surface area contributed by atoms with Crippen LogP contribution >= 0.6 is 0 Å². The molecule has 2 N–H and O–H groups in total. The Kier molecular flexibility index (Phi) is 2.38. The van der Waals surface area contributed by atoms with E-state index in [1.807, 2.05) is 58.4 Å². The lowest BCUT2D eigenvalue weighted by Crippen LogP contribution is -2.47. The first kappa shape index (κ1) is 10.6. The number of pyridine rings is 1. The molecule has 0 amide bonds. The molecule has 1 aromatic rings. The Labute approximate surface area is 106 Å². The first-order valence-electron chi connectivity index (χ1n) is 5.82. The summed E-state index contributed by atoms with van der Waals surface area (Å²) in [6, 6.07) is 8.14. The highest BCUT2D eigenvalue weighted by Crippen LogP contribution is 2.33. The van der Waals surface area contributed by atoms with Gasteiger partial charge in [-0.25, -0.2) is 0 Å². The number of allylic oxidation sites excluding steroid dienone is 3. The van der Waals surface area contributed by atoms with Crippen LogP contribution in [-0.2, 0) is 0 Å². The Balaban J connectivity index is 2.10. The van der Waals surface area contributed by atoms with Gasteiger partial charge >= 0.3 is 0 Å². The van der Waals surface area contributed by atoms with Gasteiger partial charge in [0, 0.05) is 18.3 Å². The molecule has 2 aliphatic heterocycles. The fourth-order valence-electron chi connectivity index (χ4n) is 2.52. The van der Waals surface area contributed by atoms with Gasteiger partial charge in [0.2, 0.25) is 6.04 Å². The van der Waals surface area contributed by atoms with E-state index in [4.69, 9.17) is 5.73 Å². The maximum atomic E-state index is 9.24. The lowest BCUT2D eigenvalue weighted by molar-refractivity contribution is -0.716. The van der Waals surface area contributed by atoms with E-state index >= 15 is 0 Å². The summed E-state index contributed by atoms with van der Waals surface area (Å²) in [6.07, 6.45) is 11.8. The van der Waals surface area contributed by atoms with Gasteiger partial charge in [-0.1, -0.05) is 18.2 Å². The second kappa shape index (κ2) is 4.04. The molecule has 0 saturated carbocycles. The summed E-state index contributed by atoms with van der Waals surface area (Å²) >= 11 is 0. The highest BCUT2D eigenvalue weighted by Gasteiger charge is 2.44. The van der Waals surface area contributed by atoms with E-state index in [0.29, 0.717) is 11.4 Å². The standard InChI is InChI=1S/C14H13N4/c15-10-12-13(16)14(17-7-3-1-4-8-17)11-6-2-5-9-18(11)12/h1-9,11,14H,16H2/q+1. The second-order valence-electron chi connectivity index (χ2n) is 4.31. The molecule has 88 valence electrons. The third kappa shape index (κ3) is 1.41. The maximum absolute atomic E-state index is 9.24. The molecule has 3 heterocycles. The Hall–Kier alpha value is -2.54. The van der Waals surface area contributed by atoms with Crippen molar-refractivity contribution in [2.24, 2.45) is 5.73 Å². The van der Waals surface area contributed by atoms with Crippen molar-refractivity contribution in [3.63, 3.8) is 0 Å². The Morgan fingerprint density at radius 1 is 1.22 bits per heavy atom. The number of nitrogens with zero attached hydrogens (tertiary/aromatic N) is 3. The largest absolute Gasteiger partial charge is 0.394 e. The van der Waals surface area contributed by atoms with Crippen molar-refractivity contribution in [1.29, 1.82) is 5.26 Å². The predicted molar refractivity (Wildman–Crippen MR) is 66.4 cm³/mol. The monoisotopic (exact) mass is 237 g/mol. The van der Waals surface area contributed by atoms with Crippen molar-refractivity contribution in [3.8, 4) is 6.07 Å². The van der Waals surface area contributed by atoms with Gasteiger partial charge in [0.25, 0.3) is 0 Å². The van der Waals surface area contributed by atoms with E-state index in [1.54, 1.807) is 0 Å². The molecule has 2 unspecified atom stereocenters. The molecule has 0 bridgehead atoms. The first-order chi connectivity index (χ1) is 8.83. The van der Waals surface area contributed by atoms with E-state index in [1.165, 1.54) is 0 Å². The molecule has 3 rings (SSSR count). The highest BCUT2D eigenvalue weighted by atomic mass is 15.2. The average Bonchev–Trinajstić information content (AvgIpc) is 2.71. The minimum atomic E-state index is -0.0259. The number of nitriles is 1. The van der Waals surface area contributed by atoms with E-state index in [2.05, 4.69) is 12.1 Å². The third-order valence-corrected chi connectivity index (χ3v) is 3.33. The molecule has 1 aromatic heterocycles. The van der Waals surface area contributed by atoms with Crippen LogP contribution in [0.2, 0.25) is 0 Å². The molecule has 0 spiro atoms. The summed E-state index contributed by atoms with van der Waals surface area (Å²) in [4.78, 5) is 1.93. The summed E-state index contributed by atoms with van der Waals surface area (Å²) in [5, 5.41) is 9.24. The van der Waals surface area contributed by atoms with Gasteiger partial charge in [0.1, 0.15) is 23.5 Å². The van der Waals surface area contributed by atoms with Crippen LogP contribution in [0.3, 0.4) is 0 Å². The van der Waals surface area contributed by atoms with Crippen LogP contribution in [0.25, 0.3) is 0 Å². The van der Waals surface area contributed by atoms with E-state index in [-0.39, 0.29) is 12.1 Å². The van der Waals surface area contributed by atoms with Crippen molar-refractivity contribution in [2.45, 2.75) is 12.1 Å². The summed E-state index contributed by atoms with van der Waals surface area (Å²) in [7, 11) is 0. The second-order valence-corrected chi connectivity index (χ2v) is 4.31. The van der Waals surface area contributed by atoms with Crippen LogP contribution in [0.5, 0.6) is 0 Å². The summed E-state index contributed by atoms with van der Waals surface area (Å²) < 4.78 is 2.04. The predicted octanol–water partition coefficient (Wildman–Crippen LogP) is 0.977. The fraction of sp³-hybridized carbons (Fsp3) is 0.143. The van der Waals surface area contributed by atoms with Gasteiger partial charge in [0.05, 0.1) is 0 Å². The normalized spacial score (nSPS) is 25.2. The molecule has 4 heteroatoms. The van der Waals surface area contributed by atoms with Crippen LogP contribution in [0.1, 0.15) is 6.04 Å². The number of fused-ring (bicyclic) bond motifs is 1. The van der Waals surface area contributed by atoms with Crippen LogP contribution < -0.4 is 10.3 Å². The number of aromatic nitrogens is 1. The zero-order valence-corrected chi connectivity index (χ0v) is 9.77. The molecule has 4 nitrogen and oxygen atoms in total. The number of nitrogens with two attached hydrogens (primary N) is 1. The van der Waals surface area contributed by atoms with Crippen LogP contribution in [0.15, 0.2) is 66.4 Å². The van der Waals surface area contributed by atoms with Gasteiger partial charge in [0.15, 0.2) is 12.4 Å². The highest BCUT2D eigenvalue weighted by molar-refractivity contribution is 5.39. The molecule has 18 heavy (non-hydrogen) atoms. The number of hydrogen-bond acceptors (Lipinski definition) is 3. The SMILES string of the molecule is N#CC1=C(N)C([n+]2ccccc2)C2C=CC=CN12.